The monoisotopic (exact) mass is 260 g/mol. The summed E-state index contributed by atoms with van der Waals surface area (Å²) < 4.78 is 11.8. The maximum Gasteiger partial charge on any atom is 0.284 e. The van der Waals surface area contributed by atoms with Gasteiger partial charge >= 0.3 is 0 Å². The summed E-state index contributed by atoms with van der Waals surface area (Å²) in [5.74, 6) is 0.711. The average molecular weight is 261 g/mol. The van der Waals surface area contributed by atoms with Crippen LogP contribution >= 0.6 is 15.9 Å². The number of allylic oxidation sites excluding steroid dienone is 2. The topological polar surface area (TPSA) is 18.5 Å². The highest BCUT2D eigenvalue weighted by atomic mass is 79.9. The predicted octanol–water partition coefficient (Wildman–Crippen LogP) is 4.08. The van der Waals surface area contributed by atoms with Crippen LogP contribution in [0.3, 0.4) is 0 Å². The fraction of sp³-hybridized carbons (Fsp3) is 0.636. The molecule has 3 heteroatoms. The van der Waals surface area contributed by atoms with Crippen molar-refractivity contribution in [1.29, 1.82) is 0 Å². The van der Waals surface area contributed by atoms with Crippen LogP contribution in [0.15, 0.2) is 22.3 Å². The Kier molecular flexibility index (Phi) is 5.09. The molecule has 1 aliphatic heterocycles. The van der Waals surface area contributed by atoms with Crippen LogP contribution in [0.25, 0.3) is 0 Å². The summed E-state index contributed by atoms with van der Waals surface area (Å²) in [4.78, 5) is 0. The standard InChI is InChI=1S/C11H17BrO2/c1-3-5-9-6-7-10(12)14-11(9)13-8-4-2/h7H,3-6,8H2,1-2H3. The Morgan fingerprint density at radius 2 is 2.21 bits per heavy atom. The largest absolute Gasteiger partial charge is 0.465 e. The number of rotatable bonds is 5. The molecule has 0 saturated carbocycles. The van der Waals surface area contributed by atoms with Crippen molar-refractivity contribution in [3.05, 3.63) is 22.3 Å². The first-order valence-corrected chi connectivity index (χ1v) is 5.95. The lowest BCUT2D eigenvalue weighted by molar-refractivity contribution is 0.0698. The van der Waals surface area contributed by atoms with E-state index < -0.39 is 0 Å². The fourth-order valence-corrected chi connectivity index (χ4v) is 1.63. The molecule has 0 spiro atoms. The maximum absolute atomic E-state index is 5.55. The molecule has 0 aliphatic carbocycles. The second kappa shape index (κ2) is 6.12. The molecule has 0 unspecified atom stereocenters. The molecule has 0 bridgehead atoms. The van der Waals surface area contributed by atoms with Gasteiger partial charge in [0.25, 0.3) is 5.95 Å². The molecule has 14 heavy (non-hydrogen) atoms. The van der Waals surface area contributed by atoms with Crippen molar-refractivity contribution in [2.24, 2.45) is 0 Å². The van der Waals surface area contributed by atoms with E-state index in [-0.39, 0.29) is 0 Å². The summed E-state index contributed by atoms with van der Waals surface area (Å²) in [6.07, 6.45) is 6.16. The van der Waals surface area contributed by atoms with Crippen LogP contribution in [-0.4, -0.2) is 6.61 Å². The Labute approximate surface area is 94.1 Å². The second-order valence-electron chi connectivity index (χ2n) is 3.30. The number of hydrogen-bond acceptors (Lipinski definition) is 2. The molecular formula is C11H17BrO2. The van der Waals surface area contributed by atoms with Crippen molar-refractivity contribution in [2.75, 3.05) is 6.61 Å². The Bertz CT molecular complexity index is 244. The summed E-state index contributed by atoms with van der Waals surface area (Å²) in [5.41, 5.74) is 1.27. The van der Waals surface area contributed by atoms with Crippen LogP contribution in [0.5, 0.6) is 0 Å². The van der Waals surface area contributed by atoms with Gasteiger partial charge in [-0.2, -0.15) is 0 Å². The minimum absolute atomic E-state index is 0.711. The Morgan fingerprint density at radius 3 is 2.86 bits per heavy atom. The van der Waals surface area contributed by atoms with Gasteiger partial charge in [0.05, 0.1) is 6.61 Å². The number of ether oxygens (including phenoxy) is 2. The predicted molar refractivity (Wildman–Crippen MR) is 60.9 cm³/mol. The normalized spacial score (nSPS) is 16.4. The SMILES string of the molecule is CCCOC1=C(CCC)CC=C(Br)O1. The molecule has 0 amide bonds. The summed E-state index contributed by atoms with van der Waals surface area (Å²) >= 11 is 3.32. The molecule has 0 aromatic rings. The zero-order valence-corrected chi connectivity index (χ0v) is 10.4. The van der Waals surface area contributed by atoms with Gasteiger partial charge in [-0.05, 0) is 41.3 Å². The molecule has 1 heterocycles. The molecule has 80 valence electrons. The van der Waals surface area contributed by atoms with E-state index in [1.165, 1.54) is 5.57 Å². The van der Waals surface area contributed by atoms with Crippen LogP contribution in [0, 0.1) is 0 Å². The van der Waals surface area contributed by atoms with Crippen LogP contribution < -0.4 is 0 Å². The molecule has 0 atom stereocenters. The molecule has 0 N–H and O–H groups in total. The van der Waals surface area contributed by atoms with Crippen molar-refractivity contribution >= 4 is 15.9 Å². The summed E-state index contributed by atoms with van der Waals surface area (Å²) in [7, 11) is 0. The van der Waals surface area contributed by atoms with E-state index in [1.54, 1.807) is 0 Å². The third-order valence-corrected chi connectivity index (χ3v) is 2.46. The van der Waals surface area contributed by atoms with Gasteiger partial charge in [0, 0.05) is 5.57 Å². The third-order valence-electron chi connectivity index (χ3n) is 1.98. The highest BCUT2D eigenvalue weighted by Gasteiger charge is 2.15. The van der Waals surface area contributed by atoms with Crippen LogP contribution in [0.1, 0.15) is 39.5 Å². The van der Waals surface area contributed by atoms with Crippen molar-refractivity contribution in [3.8, 4) is 0 Å². The number of hydrogen-bond donors (Lipinski definition) is 0. The third kappa shape index (κ3) is 3.37. The molecule has 0 radical (unpaired) electrons. The first-order chi connectivity index (χ1) is 6.77. The van der Waals surface area contributed by atoms with Gasteiger partial charge in [-0.1, -0.05) is 20.3 Å². The van der Waals surface area contributed by atoms with E-state index in [9.17, 15) is 0 Å². The van der Waals surface area contributed by atoms with E-state index in [0.717, 1.165) is 37.0 Å². The van der Waals surface area contributed by atoms with Gasteiger partial charge < -0.3 is 9.47 Å². The zero-order valence-electron chi connectivity index (χ0n) is 8.81. The minimum Gasteiger partial charge on any atom is -0.465 e. The second-order valence-corrected chi connectivity index (χ2v) is 4.09. The van der Waals surface area contributed by atoms with Crippen LogP contribution in [-0.2, 0) is 9.47 Å². The Hall–Kier alpha value is -0.440. The molecule has 0 fully saturated rings. The molecule has 1 rings (SSSR count). The van der Waals surface area contributed by atoms with Gasteiger partial charge in [-0.3, -0.25) is 0 Å². The average Bonchev–Trinajstić information content (AvgIpc) is 2.18. The van der Waals surface area contributed by atoms with Gasteiger partial charge in [-0.15, -0.1) is 0 Å². The van der Waals surface area contributed by atoms with Crippen LogP contribution in [0.2, 0.25) is 0 Å². The summed E-state index contributed by atoms with van der Waals surface area (Å²) in [6.45, 7) is 4.98. The Morgan fingerprint density at radius 1 is 1.43 bits per heavy atom. The number of halogens is 1. The fourth-order valence-electron chi connectivity index (χ4n) is 1.32. The van der Waals surface area contributed by atoms with E-state index in [4.69, 9.17) is 9.47 Å². The highest BCUT2D eigenvalue weighted by molar-refractivity contribution is 9.11. The van der Waals surface area contributed by atoms with E-state index in [0.29, 0.717) is 5.95 Å². The summed E-state index contributed by atoms with van der Waals surface area (Å²) in [5, 5.41) is 0. The molecule has 0 aromatic carbocycles. The molecule has 2 nitrogen and oxygen atoms in total. The smallest absolute Gasteiger partial charge is 0.284 e. The molecule has 0 saturated heterocycles. The van der Waals surface area contributed by atoms with E-state index in [1.807, 2.05) is 6.08 Å². The summed E-state index contributed by atoms with van der Waals surface area (Å²) in [6, 6.07) is 0. The molecular weight excluding hydrogens is 244 g/mol. The van der Waals surface area contributed by atoms with E-state index >= 15 is 0 Å². The van der Waals surface area contributed by atoms with Crippen molar-refractivity contribution in [3.63, 3.8) is 0 Å². The van der Waals surface area contributed by atoms with Crippen molar-refractivity contribution in [2.45, 2.75) is 39.5 Å². The van der Waals surface area contributed by atoms with E-state index in [2.05, 4.69) is 29.8 Å². The van der Waals surface area contributed by atoms with Gasteiger partial charge in [0.15, 0.2) is 4.67 Å². The first-order valence-electron chi connectivity index (χ1n) is 5.16. The van der Waals surface area contributed by atoms with Gasteiger partial charge in [-0.25, -0.2) is 0 Å². The van der Waals surface area contributed by atoms with Gasteiger partial charge in [0.1, 0.15) is 0 Å². The lowest BCUT2D eigenvalue weighted by atomic mass is 10.1. The Balaban J connectivity index is 2.59. The van der Waals surface area contributed by atoms with Gasteiger partial charge in [0.2, 0.25) is 0 Å². The van der Waals surface area contributed by atoms with Crippen LogP contribution in [0.4, 0.5) is 0 Å². The maximum atomic E-state index is 5.55. The minimum atomic E-state index is 0.711. The van der Waals surface area contributed by atoms with Crippen molar-refractivity contribution in [1.82, 2.24) is 0 Å². The highest BCUT2D eigenvalue weighted by Crippen LogP contribution is 2.28. The lowest BCUT2D eigenvalue weighted by Gasteiger charge is -2.18. The van der Waals surface area contributed by atoms with Crippen molar-refractivity contribution < 1.29 is 9.47 Å². The molecule has 0 aromatic heterocycles. The quantitative estimate of drug-likeness (QED) is 0.742. The lowest BCUT2D eigenvalue weighted by Crippen LogP contribution is -2.05. The molecule has 1 aliphatic rings. The zero-order chi connectivity index (χ0) is 10.4. The first kappa shape index (κ1) is 11.6.